The Hall–Kier alpha value is -0.740. The third-order valence-electron chi connectivity index (χ3n) is 2.29. The first-order valence-electron chi connectivity index (χ1n) is 4.98. The van der Waals surface area contributed by atoms with E-state index in [-0.39, 0.29) is 0 Å². The summed E-state index contributed by atoms with van der Waals surface area (Å²) in [5, 5.41) is 4.15. The fourth-order valence-corrected chi connectivity index (χ4v) is 1.97. The Bertz CT molecular complexity index is 468. The molecular weight excluding hydrogens is 333 g/mol. The molecule has 0 amide bonds. The summed E-state index contributed by atoms with van der Waals surface area (Å²) in [5.74, 6) is 0. The molecule has 2 aromatic rings. The highest BCUT2D eigenvalue weighted by atomic mass is 127. The molecule has 0 bridgehead atoms. The number of rotatable bonds is 3. The Morgan fingerprint density at radius 3 is 2.38 bits per heavy atom. The minimum Gasteiger partial charge on any atom is -0.381 e. The van der Waals surface area contributed by atoms with Crippen molar-refractivity contribution in [1.29, 1.82) is 0 Å². The van der Waals surface area contributed by atoms with Gasteiger partial charge in [0, 0.05) is 20.8 Å². The molecule has 2 aromatic carbocycles. The van der Waals surface area contributed by atoms with Crippen molar-refractivity contribution in [3.8, 4) is 0 Å². The second-order valence-electron chi connectivity index (χ2n) is 3.45. The van der Waals surface area contributed by atoms with E-state index in [0.29, 0.717) is 0 Å². The Morgan fingerprint density at radius 1 is 1.00 bits per heavy atom. The van der Waals surface area contributed by atoms with Crippen LogP contribution in [0.3, 0.4) is 0 Å². The second-order valence-corrected chi connectivity index (χ2v) is 5.10. The maximum Gasteiger partial charge on any atom is 0.0455 e. The lowest BCUT2D eigenvalue weighted by Crippen LogP contribution is -1.99. The first kappa shape index (κ1) is 11.7. The Balaban J connectivity index is 2.02. The molecule has 0 aliphatic rings. The van der Waals surface area contributed by atoms with Gasteiger partial charge in [0.2, 0.25) is 0 Å². The van der Waals surface area contributed by atoms with Gasteiger partial charge in [-0.15, -0.1) is 0 Å². The van der Waals surface area contributed by atoms with Gasteiger partial charge in [0.05, 0.1) is 0 Å². The molecule has 0 aliphatic heterocycles. The maximum absolute atomic E-state index is 6.07. The van der Waals surface area contributed by atoms with Gasteiger partial charge in [-0.2, -0.15) is 0 Å². The third-order valence-corrected chi connectivity index (χ3v) is 3.37. The second kappa shape index (κ2) is 5.55. The minimum atomic E-state index is 0.750. The van der Waals surface area contributed by atoms with Crippen LogP contribution in [0.2, 0.25) is 5.02 Å². The summed E-state index contributed by atoms with van der Waals surface area (Å²) in [4.78, 5) is 0. The lowest BCUT2D eigenvalue weighted by atomic mass is 10.2. The molecule has 1 nitrogen and oxygen atoms in total. The number of hydrogen-bond acceptors (Lipinski definition) is 1. The maximum atomic E-state index is 6.07. The summed E-state index contributed by atoms with van der Waals surface area (Å²) in [5.41, 5.74) is 2.23. The van der Waals surface area contributed by atoms with Crippen LogP contribution in [-0.2, 0) is 6.54 Å². The standard InChI is InChI=1S/C13H11ClIN/c14-13-4-2-1-3-10(13)9-16-12-7-5-11(15)6-8-12/h1-8,16H,9H2. The van der Waals surface area contributed by atoms with E-state index in [1.54, 1.807) is 0 Å². The summed E-state index contributed by atoms with van der Waals surface area (Å²) in [6.07, 6.45) is 0. The predicted octanol–water partition coefficient (Wildman–Crippen LogP) is 4.56. The summed E-state index contributed by atoms with van der Waals surface area (Å²) in [6.45, 7) is 0.750. The number of anilines is 1. The summed E-state index contributed by atoms with van der Waals surface area (Å²) >= 11 is 8.37. The lowest BCUT2D eigenvalue weighted by molar-refractivity contribution is 1.15. The van der Waals surface area contributed by atoms with E-state index in [0.717, 1.165) is 22.8 Å². The number of benzene rings is 2. The molecule has 0 radical (unpaired) electrons. The zero-order valence-corrected chi connectivity index (χ0v) is 11.5. The average molecular weight is 344 g/mol. The molecular formula is C13H11ClIN. The molecule has 0 unspecified atom stereocenters. The van der Waals surface area contributed by atoms with Gasteiger partial charge in [-0.05, 0) is 58.5 Å². The zero-order chi connectivity index (χ0) is 11.4. The monoisotopic (exact) mass is 343 g/mol. The first-order chi connectivity index (χ1) is 7.75. The van der Waals surface area contributed by atoms with E-state index >= 15 is 0 Å². The van der Waals surface area contributed by atoms with Crippen LogP contribution in [-0.4, -0.2) is 0 Å². The molecule has 0 saturated carbocycles. The van der Waals surface area contributed by atoms with Crippen molar-refractivity contribution in [2.45, 2.75) is 6.54 Å². The smallest absolute Gasteiger partial charge is 0.0455 e. The van der Waals surface area contributed by atoms with Crippen molar-refractivity contribution in [3.05, 3.63) is 62.7 Å². The number of nitrogens with one attached hydrogen (secondary N) is 1. The topological polar surface area (TPSA) is 12.0 Å². The molecule has 0 heterocycles. The van der Waals surface area contributed by atoms with Gasteiger partial charge in [0.15, 0.2) is 0 Å². The van der Waals surface area contributed by atoms with E-state index in [1.807, 2.05) is 24.3 Å². The number of hydrogen-bond donors (Lipinski definition) is 1. The fourth-order valence-electron chi connectivity index (χ4n) is 1.41. The van der Waals surface area contributed by atoms with E-state index in [4.69, 9.17) is 11.6 Å². The normalized spacial score (nSPS) is 10.1. The summed E-state index contributed by atoms with van der Waals surface area (Å²) < 4.78 is 1.24. The van der Waals surface area contributed by atoms with Crippen molar-refractivity contribution in [2.75, 3.05) is 5.32 Å². The van der Waals surface area contributed by atoms with Crippen molar-refractivity contribution in [1.82, 2.24) is 0 Å². The minimum absolute atomic E-state index is 0.750. The van der Waals surface area contributed by atoms with Gasteiger partial charge < -0.3 is 5.32 Å². The van der Waals surface area contributed by atoms with Crippen molar-refractivity contribution < 1.29 is 0 Å². The van der Waals surface area contributed by atoms with E-state index in [2.05, 4.69) is 52.2 Å². The van der Waals surface area contributed by atoms with Crippen LogP contribution >= 0.6 is 34.2 Å². The van der Waals surface area contributed by atoms with Crippen molar-refractivity contribution >= 4 is 39.9 Å². The SMILES string of the molecule is Clc1ccccc1CNc1ccc(I)cc1. The average Bonchev–Trinajstić information content (AvgIpc) is 2.30. The highest BCUT2D eigenvalue weighted by Gasteiger charge is 1.98. The van der Waals surface area contributed by atoms with Crippen LogP contribution in [0.4, 0.5) is 5.69 Å². The molecule has 3 heteroatoms. The molecule has 0 spiro atoms. The highest BCUT2D eigenvalue weighted by Crippen LogP contribution is 2.17. The van der Waals surface area contributed by atoms with Gasteiger partial charge in [-0.3, -0.25) is 0 Å². The van der Waals surface area contributed by atoms with Gasteiger partial charge >= 0.3 is 0 Å². The molecule has 0 saturated heterocycles. The summed E-state index contributed by atoms with van der Waals surface area (Å²) in [6, 6.07) is 16.2. The Kier molecular flexibility index (Phi) is 4.07. The van der Waals surface area contributed by atoms with Crippen LogP contribution in [0.25, 0.3) is 0 Å². The van der Waals surface area contributed by atoms with E-state index in [1.165, 1.54) is 3.57 Å². The molecule has 1 N–H and O–H groups in total. The zero-order valence-electron chi connectivity index (χ0n) is 8.58. The van der Waals surface area contributed by atoms with Gasteiger partial charge in [0.1, 0.15) is 0 Å². The summed E-state index contributed by atoms with van der Waals surface area (Å²) in [7, 11) is 0. The van der Waals surface area contributed by atoms with Crippen LogP contribution in [0.1, 0.15) is 5.56 Å². The third kappa shape index (κ3) is 3.12. The van der Waals surface area contributed by atoms with Crippen LogP contribution in [0, 0.1) is 3.57 Å². The van der Waals surface area contributed by atoms with Crippen LogP contribution in [0.5, 0.6) is 0 Å². The van der Waals surface area contributed by atoms with Crippen molar-refractivity contribution in [3.63, 3.8) is 0 Å². The van der Waals surface area contributed by atoms with Gasteiger partial charge in [-0.25, -0.2) is 0 Å². The molecule has 82 valence electrons. The molecule has 16 heavy (non-hydrogen) atoms. The van der Waals surface area contributed by atoms with E-state index < -0.39 is 0 Å². The van der Waals surface area contributed by atoms with Crippen molar-refractivity contribution in [2.24, 2.45) is 0 Å². The Labute approximate surface area is 114 Å². The predicted molar refractivity (Wildman–Crippen MR) is 77.9 cm³/mol. The van der Waals surface area contributed by atoms with Crippen LogP contribution < -0.4 is 5.32 Å². The lowest BCUT2D eigenvalue weighted by Gasteiger charge is -2.07. The highest BCUT2D eigenvalue weighted by molar-refractivity contribution is 14.1. The largest absolute Gasteiger partial charge is 0.381 e. The Morgan fingerprint density at radius 2 is 1.69 bits per heavy atom. The molecule has 0 aliphatic carbocycles. The van der Waals surface area contributed by atoms with Gasteiger partial charge in [-0.1, -0.05) is 29.8 Å². The molecule has 0 fully saturated rings. The quantitative estimate of drug-likeness (QED) is 0.806. The van der Waals surface area contributed by atoms with Crippen LogP contribution in [0.15, 0.2) is 48.5 Å². The molecule has 0 atom stereocenters. The number of halogens is 2. The molecule has 0 aromatic heterocycles. The molecule has 2 rings (SSSR count). The van der Waals surface area contributed by atoms with E-state index in [9.17, 15) is 0 Å². The first-order valence-corrected chi connectivity index (χ1v) is 6.44. The fraction of sp³-hybridized carbons (Fsp3) is 0.0769. The van der Waals surface area contributed by atoms with Gasteiger partial charge in [0.25, 0.3) is 0 Å².